The second-order valence-electron chi connectivity index (χ2n) is 11.6. The van der Waals surface area contributed by atoms with Gasteiger partial charge in [-0.15, -0.1) is 0 Å². The molecule has 0 saturated carbocycles. The standard InChI is InChI=1S/C32H31F2N7O2/c1-18-10-29(43-31-24(33)4-3-5-25(31)34)36-13-28(18)41-32(35)23(12-37-41)30(42)27-11-22-21-8-9-40(16-19-14-39(2)15-19)17-20(21)6-7-26(22)38-27/h3-7,10-13,19,38H,8-9,14-17,35H2,1-2H3. The van der Waals surface area contributed by atoms with E-state index in [1.807, 2.05) is 12.1 Å². The Morgan fingerprint density at radius 1 is 1.14 bits per heavy atom. The Bertz CT molecular complexity index is 1860. The van der Waals surface area contributed by atoms with Gasteiger partial charge in [0.05, 0.1) is 29.3 Å². The van der Waals surface area contributed by atoms with Gasteiger partial charge in [0.15, 0.2) is 11.6 Å². The van der Waals surface area contributed by atoms with Crippen molar-refractivity contribution in [1.82, 2.24) is 29.5 Å². The zero-order chi connectivity index (χ0) is 29.8. The van der Waals surface area contributed by atoms with Crippen molar-refractivity contribution in [2.75, 3.05) is 39.0 Å². The lowest BCUT2D eigenvalue weighted by Gasteiger charge is -2.40. The van der Waals surface area contributed by atoms with E-state index in [2.05, 4.69) is 38.0 Å². The number of fused-ring (bicyclic) bond motifs is 3. The van der Waals surface area contributed by atoms with E-state index in [-0.39, 0.29) is 23.0 Å². The zero-order valence-electron chi connectivity index (χ0n) is 23.9. The van der Waals surface area contributed by atoms with Gasteiger partial charge in [-0.1, -0.05) is 12.1 Å². The molecule has 0 spiro atoms. The number of ketones is 1. The van der Waals surface area contributed by atoms with Gasteiger partial charge in [-0.3, -0.25) is 9.69 Å². The first-order valence-electron chi connectivity index (χ1n) is 14.3. The Morgan fingerprint density at radius 3 is 2.67 bits per heavy atom. The predicted molar refractivity (Wildman–Crippen MR) is 159 cm³/mol. The van der Waals surface area contributed by atoms with Crippen molar-refractivity contribution in [3.63, 3.8) is 0 Å². The van der Waals surface area contributed by atoms with Crippen molar-refractivity contribution in [2.24, 2.45) is 5.92 Å². The van der Waals surface area contributed by atoms with Crippen LogP contribution in [-0.4, -0.2) is 68.6 Å². The Hall–Kier alpha value is -4.61. The maximum Gasteiger partial charge on any atom is 0.219 e. The number of pyridine rings is 1. The normalized spacial score (nSPS) is 15.9. The van der Waals surface area contributed by atoms with Gasteiger partial charge in [0.2, 0.25) is 17.4 Å². The number of halogens is 2. The van der Waals surface area contributed by atoms with E-state index in [1.54, 1.807) is 6.92 Å². The molecular weight excluding hydrogens is 552 g/mol. The fourth-order valence-corrected chi connectivity index (χ4v) is 6.28. The van der Waals surface area contributed by atoms with E-state index in [9.17, 15) is 13.6 Å². The molecule has 43 heavy (non-hydrogen) atoms. The molecule has 5 aromatic rings. The highest BCUT2D eigenvalue weighted by Gasteiger charge is 2.28. The number of H-pyrrole nitrogens is 1. The molecule has 0 unspecified atom stereocenters. The third-order valence-corrected chi connectivity index (χ3v) is 8.45. The van der Waals surface area contributed by atoms with Gasteiger partial charge in [-0.25, -0.2) is 18.4 Å². The molecule has 0 aliphatic carbocycles. The van der Waals surface area contributed by atoms with Crippen molar-refractivity contribution in [2.45, 2.75) is 19.9 Å². The van der Waals surface area contributed by atoms with Crippen molar-refractivity contribution < 1.29 is 18.3 Å². The molecule has 7 rings (SSSR count). The summed E-state index contributed by atoms with van der Waals surface area (Å²) in [6.45, 7) is 7.14. The minimum atomic E-state index is -0.834. The largest absolute Gasteiger partial charge is 0.433 e. The van der Waals surface area contributed by atoms with Crippen LogP contribution in [0.25, 0.3) is 16.6 Å². The van der Waals surface area contributed by atoms with Crippen LogP contribution in [0.3, 0.4) is 0 Å². The number of benzene rings is 2. The summed E-state index contributed by atoms with van der Waals surface area (Å²) >= 11 is 0. The molecule has 3 aromatic heterocycles. The Labute approximate surface area is 246 Å². The number of carbonyl (C=O) groups is 1. The van der Waals surface area contributed by atoms with Crippen LogP contribution in [0.2, 0.25) is 0 Å². The average molecular weight is 584 g/mol. The van der Waals surface area contributed by atoms with Crippen LogP contribution in [0.1, 0.15) is 32.7 Å². The topological polar surface area (TPSA) is 105 Å². The molecule has 11 heteroatoms. The number of aromatic amines is 1. The summed E-state index contributed by atoms with van der Waals surface area (Å²) in [6, 6.07) is 11.1. The average Bonchev–Trinajstić information content (AvgIpc) is 3.58. The van der Waals surface area contributed by atoms with E-state index >= 15 is 0 Å². The highest BCUT2D eigenvalue weighted by molar-refractivity contribution is 6.12. The second-order valence-corrected chi connectivity index (χ2v) is 11.6. The minimum Gasteiger partial charge on any atom is -0.433 e. The van der Waals surface area contributed by atoms with Crippen LogP contribution < -0.4 is 10.5 Å². The molecule has 0 amide bonds. The Morgan fingerprint density at radius 2 is 1.93 bits per heavy atom. The lowest BCUT2D eigenvalue weighted by molar-refractivity contribution is 0.0856. The van der Waals surface area contributed by atoms with Crippen molar-refractivity contribution in [1.29, 1.82) is 0 Å². The third kappa shape index (κ3) is 4.94. The molecule has 2 aromatic carbocycles. The maximum absolute atomic E-state index is 14.0. The Kier molecular flexibility index (Phi) is 6.71. The number of rotatable bonds is 7. The summed E-state index contributed by atoms with van der Waals surface area (Å²) in [5.41, 5.74) is 11.8. The first-order chi connectivity index (χ1) is 20.7. The van der Waals surface area contributed by atoms with Crippen LogP contribution in [0, 0.1) is 24.5 Å². The van der Waals surface area contributed by atoms with Crippen LogP contribution in [0.15, 0.2) is 54.9 Å². The number of carbonyl (C=O) groups excluding carboxylic acids is 1. The number of nitrogen functional groups attached to an aromatic ring is 1. The summed E-state index contributed by atoms with van der Waals surface area (Å²) in [5, 5.41) is 5.42. The molecule has 1 fully saturated rings. The summed E-state index contributed by atoms with van der Waals surface area (Å²) in [4.78, 5) is 26.0. The molecule has 9 nitrogen and oxygen atoms in total. The number of aryl methyl sites for hydroxylation is 1. The summed E-state index contributed by atoms with van der Waals surface area (Å²) in [5.74, 6) is -1.56. The van der Waals surface area contributed by atoms with Gasteiger partial charge in [-0.05, 0) is 67.3 Å². The number of aromatic nitrogens is 4. The van der Waals surface area contributed by atoms with Crippen molar-refractivity contribution >= 4 is 22.5 Å². The number of nitrogens with zero attached hydrogens (tertiary/aromatic N) is 5. The second kappa shape index (κ2) is 10.6. The summed E-state index contributed by atoms with van der Waals surface area (Å²) < 4.78 is 34.8. The number of ether oxygens (including phenoxy) is 1. The van der Waals surface area contributed by atoms with E-state index in [4.69, 9.17) is 10.5 Å². The lowest BCUT2D eigenvalue weighted by Crippen LogP contribution is -2.49. The van der Waals surface area contributed by atoms with Gasteiger partial charge >= 0.3 is 0 Å². The number of anilines is 1. The van der Waals surface area contributed by atoms with E-state index in [0.29, 0.717) is 16.9 Å². The molecule has 2 aliphatic heterocycles. The first kappa shape index (κ1) is 27.2. The number of hydrogen-bond acceptors (Lipinski definition) is 7. The van der Waals surface area contributed by atoms with E-state index < -0.39 is 17.4 Å². The molecule has 3 N–H and O–H groups in total. The van der Waals surface area contributed by atoms with Crippen molar-refractivity contribution in [3.05, 3.63) is 94.4 Å². The molecule has 5 heterocycles. The minimum absolute atomic E-state index is 0.00690. The molecule has 0 atom stereocenters. The van der Waals surface area contributed by atoms with Crippen LogP contribution >= 0.6 is 0 Å². The van der Waals surface area contributed by atoms with Gasteiger partial charge in [-0.2, -0.15) is 5.10 Å². The smallest absolute Gasteiger partial charge is 0.219 e. The highest BCUT2D eigenvalue weighted by atomic mass is 19.1. The monoisotopic (exact) mass is 583 g/mol. The van der Waals surface area contributed by atoms with Gasteiger partial charge in [0.25, 0.3) is 0 Å². The van der Waals surface area contributed by atoms with Crippen LogP contribution in [0.5, 0.6) is 11.6 Å². The number of para-hydroxylation sites is 1. The number of hydrogen-bond donors (Lipinski definition) is 2. The molecule has 0 radical (unpaired) electrons. The molecule has 220 valence electrons. The lowest BCUT2D eigenvalue weighted by atomic mass is 9.94. The van der Waals surface area contributed by atoms with Crippen LogP contribution in [-0.2, 0) is 13.0 Å². The quantitative estimate of drug-likeness (QED) is 0.264. The number of likely N-dealkylation sites (tertiary alicyclic amines) is 1. The fourth-order valence-electron chi connectivity index (χ4n) is 6.28. The number of nitrogens with one attached hydrogen (secondary N) is 1. The Balaban J connectivity index is 1.11. The number of nitrogens with two attached hydrogens (primary N) is 1. The van der Waals surface area contributed by atoms with E-state index in [1.165, 1.54) is 40.3 Å². The fraction of sp³-hybridized carbons (Fsp3) is 0.281. The highest BCUT2D eigenvalue weighted by Crippen LogP contribution is 2.32. The van der Waals surface area contributed by atoms with Crippen LogP contribution in [0.4, 0.5) is 14.6 Å². The van der Waals surface area contributed by atoms with E-state index in [0.717, 1.165) is 68.1 Å². The van der Waals surface area contributed by atoms with Gasteiger partial charge in [0.1, 0.15) is 5.82 Å². The molecule has 1 saturated heterocycles. The third-order valence-electron chi connectivity index (χ3n) is 8.45. The maximum atomic E-state index is 14.0. The SMILES string of the molecule is Cc1cc(Oc2c(F)cccc2F)ncc1-n1ncc(C(=O)c2cc3c4c(ccc3[nH]2)CN(CC2CN(C)C2)CC4)c1N. The predicted octanol–water partition coefficient (Wildman–Crippen LogP) is 4.86. The molecule has 2 aliphatic rings. The summed E-state index contributed by atoms with van der Waals surface area (Å²) in [6.07, 6.45) is 3.81. The van der Waals surface area contributed by atoms with Gasteiger partial charge in [0, 0.05) is 49.7 Å². The summed E-state index contributed by atoms with van der Waals surface area (Å²) in [7, 11) is 2.16. The molecular formula is C32H31F2N7O2. The first-order valence-corrected chi connectivity index (χ1v) is 14.3. The van der Waals surface area contributed by atoms with Gasteiger partial charge < -0.3 is 20.4 Å². The molecule has 0 bridgehead atoms. The van der Waals surface area contributed by atoms with Crippen molar-refractivity contribution in [3.8, 4) is 17.3 Å². The zero-order valence-corrected chi connectivity index (χ0v) is 23.9.